The Bertz CT molecular complexity index is 1100. The molecular formula is C44H77IO6. The van der Waals surface area contributed by atoms with E-state index in [2.05, 4.69) is 13.8 Å². The lowest BCUT2D eigenvalue weighted by atomic mass is 9.90. The fourth-order valence-electron chi connectivity index (χ4n) is 7.51. The Labute approximate surface area is 320 Å². The van der Waals surface area contributed by atoms with Gasteiger partial charge < -0.3 is 10.2 Å². The van der Waals surface area contributed by atoms with Crippen molar-refractivity contribution in [2.75, 3.05) is 0 Å². The number of benzene rings is 1. The first-order chi connectivity index (χ1) is 24.8. The maximum Gasteiger partial charge on any atom is 0.342 e. The molecule has 51 heavy (non-hydrogen) atoms. The third-order valence-electron chi connectivity index (χ3n) is 10.6. The summed E-state index contributed by atoms with van der Waals surface area (Å²) in [4.78, 5) is 24.5. The second-order valence-corrected chi connectivity index (χ2v) is 17.5. The highest BCUT2D eigenvalue weighted by Crippen LogP contribution is 2.33. The minimum Gasteiger partial charge on any atom is -0.478 e. The van der Waals surface area contributed by atoms with Gasteiger partial charge in [-0.25, -0.2) is 15.7 Å². The lowest BCUT2D eigenvalue weighted by Crippen LogP contribution is -2.15. The molecule has 0 heterocycles. The lowest BCUT2D eigenvalue weighted by Gasteiger charge is -2.16. The number of aryl methyl sites for hydroxylation is 1. The number of halogens is 1. The largest absolute Gasteiger partial charge is 0.478 e. The second-order valence-electron chi connectivity index (χ2n) is 15.2. The first-order valence-corrected chi connectivity index (χ1v) is 24.4. The maximum atomic E-state index is 12.4. The molecule has 1 rings (SSSR count). The van der Waals surface area contributed by atoms with Crippen LogP contribution in [-0.4, -0.2) is 22.2 Å². The number of unbranched alkanes of at least 4 members (excludes halogenated alkanes) is 30. The van der Waals surface area contributed by atoms with Crippen molar-refractivity contribution in [3.8, 4) is 0 Å². The molecule has 0 aliphatic heterocycles. The number of carboxylic acids is 2. The molecule has 0 aliphatic carbocycles. The molecule has 0 bridgehead atoms. The van der Waals surface area contributed by atoms with Crippen LogP contribution >= 0.6 is 19.8 Å². The van der Waals surface area contributed by atoms with Gasteiger partial charge in [0.25, 0.3) is 0 Å². The zero-order valence-electron chi connectivity index (χ0n) is 33.0. The van der Waals surface area contributed by atoms with E-state index in [1.165, 1.54) is 167 Å². The molecule has 0 saturated heterocycles. The maximum absolute atomic E-state index is 12.4. The van der Waals surface area contributed by atoms with Gasteiger partial charge in [0.2, 0.25) is 0 Å². The van der Waals surface area contributed by atoms with Crippen molar-refractivity contribution in [3.05, 3.63) is 31.9 Å². The highest BCUT2D eigenvalue weighted by Gasteiger charge is 2.28. The average molecular weight is 829 g/mol. The van der Waals surface area contributed by atoms with Crippen molar-refractivity contribution in [3.63, 3.8) is 0 Å². The van der Waals surface area contributed by atoms with Gasteiger partial charge in [-0.1, -0.05) is 206 Å². The highest BCUT2D eigenvalue weighted by atomic mass is 127. The van der Waals surface area contributed by atoms with E-state index >= 15 is 0 Å². The Morgan fingerprint density at radius 3 is 1.02 bits per heavy atom. The molecule has 0 unspecified atom stereocenters. The molecule has 0 atom stereocenters. The number of hydrogen-bond acceptors (Lipinski definition) is 4. The molecule has 2 N–H and O–H groups in total. The quantitative estimate of drug-likeness (QED) is 0.0511. The Hall–Kier alpha value is -1.51. The van der Waals surface area contributed by atoms with E-state index in [9.17, 15) is 25.9 Å². The number of rotatable bonds is 37. The van der Waals surface area contributed by atoms with Crippen molar-refractivity contribution in [1.82, 2.24) is 0 Å². The monoisotopic (exact) mass is 828 g/mol. The minimum atomic E-state index is -4.37. The van der Waals surface area contributed by atoms with Crippen molar-refractivity contribution in [2.45, 2.75) is 232 Å². The molecule has 1 aromatic carbocycles. The van der Waals surface area contributed by atoms with E-state index in [0.29, 0.717) is 24.0 Å². The third-order valence-corrected chi connectivity index (χ3v) is 12.6. The fourth-order valence-corrected chi connectivity index (χ4v) is 9.37. The summed E-state index contributed by atoms with van der Waals surface area (Å²) in [5.74, 6) is -2.70. The van der Waals surface area contributed by atoms with Gasteiger partial charge >= 0.3 is 31.7 Å². The number of hydrogen-bond donors (Lipinski definition) is 2. The molecule has 7 heteroatoms. The van der Waals surface area contributed by atoms with Gasteiger partial charge in [0.15, 0.2) is 0 Å². The normalized spacial score (nSPS) is 11.5. The molecule has 0 saturated carbocycles. The summed E-state index contributed by atoms with van der Waals surface area (Å²) in [5.41, 5.74) is 0.600. The zero-order chi connectivity index (χ0) is 37.4. The van der Waals surface area contributed by atoms with Crippen LogP contribution in [0.15, 0.2) is 6.07 Å². The van der Waals surface area contributed by atoms with Crippen LogP contribution in [0.5, 0.6) is 0 Å². The number of aromatic carboxylic acids is 2. The van der Waals surface area contributed by atoms with E-state index in [1.54, 1.807) is 0 Å². The number of carboxylic acid groups (broad SMARTS) is 2. The topological polar surface area (TPSA) is 109 Å². The van der Waals surface area contributed by atoms with Crippen LogP contribution in [0.1, 0.15) is 251 Å². The molecule has 0 aromatic heterocycles. The van der Waals surface area contributed by atoms with Crippen molar-refractivity contribution >= 4 is 31.7 Å². The average Bonchev–Trinajstić information content (AvgIpc) is 3.10. The molecular weight excluding hydrogens is 751 g/mol. The Morgan fingerprint density at radius 2 is 0.745 bits per heavy atom. The second kappa shape index (κ2) is 33.1. The fraction of sp³-hybridized carbons (Fsp3) is 0.818. The van der Waals surface area contributed by atoms with E-state index < -0.39 is 35.3 Å². The molecule has 0 radical (unpaired) electrons. The molecule has 0 aliphatic rings. The first kappa shape index (κ1) is 47.5. The molecule has 0 fully saturated rings. The molecule has 0 spiro atoms. The van der Waals surface area contributed by atoms with Gasteiger partial charge in [-0.3, -0.25) is 0 Å². The van der Waals surface area contributed by atoms with Gasteiger partial charge in [-0.05, 0) is 42.9 Å². The summed E-state index contributed by atoms with van der Waals surface area (Å²) < 4.78 is 24.1. The van der Waals surface area contributed by atoms with Crippen LogP contribution in [0, 0.1) is 3.57 Å². The van der Waals surface area contributed by atoms with Gasteiger partial charge in [0.1, 0.15) is 3.57 Å². The third kappa shape index (κ3) is 23.7. The van der Waals surface area contributed by atoms with Crippen LogP contribution in [0.3, 0.4) is 0 Å². The Kier molecular flexibility index (Phi) is 30.8. The predicted molar refractivity (Wildman–Crippen MR) is 221 cm³/mol. The summed E-state index contributed by atoms with van der Waals surface area (Å²) in [6.45, 7) is 4.52. The summed E-state index contributed by atoms with van der Waals surface area (Å²) in [6.07, 6.45) is 41.4. The lowest BCUT2D eigenvalue weighted by molar-refractivity contribution is 0.0694. The minimum absolute atomic E-state index is 0.280. The summed E-state index contributed by atoms with van der Waals surface area (Å²) in [5, 5.41) is 20.0. The van der Waals surface area contributed by atoms with Gasteiger partial charge in [0, 0.05) is 0 Å². The summed E-state index contributed by atoms with van der Waals surface area (Å²) >= 11 is -4.37. The Balaban J connectivity index is 2.46. The zero-order valence-corrected chi connectivity index (χ0v) is 35.2. The SMILES string of the molecule is CCCCCCCCCCCCCCCCCCc1cc(C(=O)O)c(I(=O)=O)c(C(=O)O)c1CCCCCCCCCCCCCCCCCC. The van der Waals surface area contributed by atoms with E-state index in [1.807, 2.05) is 0 Å². The molecule has 1 aromatic rings. The van der Waals surface area contributed by atoms with E-state index in [-0.39, 0.29) is 11.1 Å². The molecule has 6 nitrogen and oxygen atoms in total. The van der Waals surface area contributed by atoms with Gasteiger partial charge in [-0.2, -0.15) is 0 Å². The van der Waals surface area contributed by atoms with E-state index in [0.717, 1.165) is 44.9 Å². The van der Waals surface area contributed by atoms with Gasteiger partial charge in [0.05, 0.1) is 11.1 Å². The van der Waals surface area contributed by atoms with Crippen LogP contribution in [-0.2, 0) is 19.0 Å². The summed E-state index contributed by atoms with van der Waals surface area (Å²) in [6, 6.07) is 1.47. The first-order valence-electron chi connectivity index (χ1n) is 21.6. The predicted octanol–water partition coefficient (Wildman–Crippen LogP) is 15.1. The standard InChI is InChI=1S/C44H77IO6/c1-3-5-7-9-11-13-15-17-19-21-23-25-27-29-31-33-35-38-37-40(43(46)47)42(45(50)51)41(44(48)49)39(38)36-34-32-30-28-26-24-22-20-18-16-14-12-10-8-6-4-2/h37H,3-36H2,1-2H3,(H,46,47)(H,48,49). The van der Waals surface area contributed by atoms with E-state index in [4.69, 9.17) is 0 Å². The van der Waals surface area contributed by atoms with Crippen LogP contribution in [0.4, 0.5) is 0 Å². The van der Waals surface area contributed by atoms with Crippen molar-refractivity contribution in [1.29, 1.82) is 0 Å². The van der Waals surface area contributed by atoms with Gasteiger partial charge in [-0.15, -0.1) is 0 Å². The smallest absolute Gasteiger partial charge is 0.342 e. The Morgan fingerprint density at radius 1 is 0.451 bits per heavy atom. The number of carbonyl (C=O) groups is 2. The molecule has 296 valence electrons. The van der Waals surface area contributed by atoms with Crippen molar-refractivity contribution < 1.29 is 25.9 Å². The van der Waals surface area contributed by atoms with Crippen LogP contribution in [0.2, 0.25) is 0 Å². The summed E-state index contributed by atoms with van der Waals surface area (Å²) in [7, 11) is 0. The highest BCUT2D eigenvalue weighted by molar-refractivity contribution is 14.2. The molecule has 0 amide bonds. The van der Waals surface area contributed by atoms with Crippen LogP contribution < -0.4 is 0 Å². The van der Waals surface area contributed by atoms with Crippen LogP contribution in [0.25, 0.3) is 0 Å². The van der Waals surface area contributed by atoms with Crippen molar-refractivity contribution in [2.24, 2.45) is 0 Å².